The van der Waals surface area contributed by atoms with Crippen molar-refractivity contribution in [2.24, 2.45) is 0 Å². The van der Waals surface area contributed by atoms with Gasteiger partial charge in [-0.1, -0.05) is 19.1 Å². The van der Waals surface area contributed by atoms with Gasteiger partial charge >= 0.3 is 0 Å². The molecule has 0 saturated carbocycles. The Kier molecular flexibility index (Phi) is 8.51. The molecule has 2 N–H and O–H groups in total. The number of aryl methyl sites for hydroxylation is 1. The van der Waals surface area contributed by atoms with Crippen LogP contribution in [0.4, 0.5) is 0 Å². The zero-order valence-corrected chi connectivity index (χ0v) is 9.76. The molecule has 79 valence electrons. The van der Waals surface area contributed by atoms with Gasteiger partial charge in [0.2, 0.25) is 0 Å². The number of nitrogens with one attached hydrogen (secondary N) is 1. The lowest BCUT2D eigenvalue weighted by Gasteiger charge is -1.99. The molecule has 1 aromatic carbocycles. The zero-order valence-electron chi connectivity index (χ0n) is 9.76. The minimum Gasteiger partial charge on any atom is -0.288 e. The van der Waals surface area contributed by atoms with Crippen molar-refractivity contribution in [3.63, 3.8) is 0 Å². The van der Waals surface area contributed by atoms with Crippen LogP contribution in [0.1, 0.15) is 22.8 Å². The summed E-state index contributed by atoms with van der Waals surface area (Å²) < 4.78 is 0. The number of hydroxylamine groups is 1. The van der Waals surface area contributed by atoms with Gasteiger partial charge in [0, 0.05) is 42.2 Å². The smallest absolute Gasteiger partial charge is 0.274 e. The molecule has 0 heterocycles. The van der Waals surface area contributed by atoms with Crippen LogP contribution in [-0.2, 0) is 6.42 Å². The van der Waals surface area contributed by atoms with Crippen molar-refractivity contribution in [1.82, 2.24) is 5.48 Å². The summed E-state index contributed by atoms with van der Waals surface area (Å²) in [4.78, 5) is 10.9. The highest BCUT2D eigenvalue weighted by atomic mass is 16.5. The summed E-state index contributed by atoms with van der Waals surface area (Å²) in [5.41, 5.74) is 3.22. The minimum atomic E-state index is -0.474. The number of amides is 1. The maximum atomic E-state index is 10.9. The fourth-order valence-corrected chi connectivity index (χ4v) is 0.956. The third kappa shape index (κ3) is 7.00. The lowest BCUT2D eigenvalue weighted by atomic mass is 8.97. The highest BCUT2D eigenvalue weighted by molar-refractivity contribution is 7.60. The molecule has 0 spiro atoms. The maximum Gasteiger partial charge on any atom is 0.274 e. The molecule has 17 heavy (non-hydrogen) atoms. The molecule has 0 aromatic heterocycles. The van der Waals surface area contributed by atoms with Crippen LogP contribution in [0.5, 0.6) is 0 Å². The molecule has 7 radical (unpaired) electrons. The molecule has 1 rings (SSSR count). The lowest BCUT2D eigenvalue weighted by Crippen LogP contribution is -2.23. The van der Waals surface area contributed by atoms with Crippen LogP contribution in [0.25, 0.3) is 0 Å². The van der Waals surface area contributed by atoms with E-state index >= 15 is 0 Å². The van der Waals surface area contributed by atoms with Crippen molar-refractivity contribution in [2.45, 2.75) is 13.3 Å². The zero-order chi connectivity index (χ0) is 13.3. The van der Waals surface area contributed by atoms with Gasteiger partial charge in [-0.05, 0) is 24.1 Å². The SMILES string of the molecule is CCc1ccc(C(=O)NO)cc1.[B][B]B([B])[B]. The summed E-state index contributed by atoms with van der Waals surface area (Å²) >= 11 is 0. The Balaban J connectivity index is 0.000000437. The van der Waals surface area contributed by atoms with Gasteiger partial charge < -0.3 is 0 Å². The van der Waals surface area contributed by atoms with Crippen LogP contribution < -0.4 is 5.48 Å². The van der Waals surface area contributed by atoms with Crippen LogP contribution in [0.3, 0.4) is 0 Å². The van der Waals surface area contributed by atoms with E-state index in [4.69, 9.17) is 28.4 Å². The van der Waals surface area contributed by atoms with Crippen molar-refractivity contribution in [1.29, 1.82) is 0 Å². The molecule has 0 fully saturated rings. The predicted octanol–water partition coefficient (Wildman–Crippen LogP) is -0.536. The van der Waals surface area contributed by atoms with E-state index in [1.54, 1.807) is 17.6 Å². The van der Waals surface area contributed by atoms with Crippen molar-refractivity contribution in [2.75, 3.05) is 0 Å². The second-order valence-corrected chi connectivity index (χ2v) is 3.26. The van der Waals surface area contributed by atoms with Crippen molar-refractivity contribution < 1.29 is 10.0 Å². The summed E-state index contributed by atoms with van der Waals surface area (Å²) in [6, 6.07) is 7.10. The Morgan fingerprint density at radius 1 is 1.41 bits per heavy atom. The highest BCUT2D eigenvalue weighted by Crippen LogP contribution is 2.04. The number of benzene rings is 1. The molecule has 0 saturated heterocycles. The molecule has 8 heteroatoms. The van der Waals surface area contributed by atoms with E-state index in [1.807, 2.05) is 19.1 Å². The van der Waals surface area contributed by atoms with Crippen LogP contribution >= 0.6 is 0 Å². The van der Waals surface area contributed by atoms with Crippen LogP contribution in [0, 0.1) is 0 Å². The average Bonchev–Trinajstić information content (AvgIpc) is 2.38. The van der Waals surface area contributed by atoms with E-state index in [9.17, 15) is 4.79 Å². The Morgan fingerprint density at radius 3 is 2.18 bits per heavy atom. The molecule has 0 aliphatic rings. The summed E-state index contributed by atoms with van der Waals surface area (Å²) in [7, 11) is 15.8. The monoisotopic (exact) mass is 220 g/mol. The summed E-state index contributed by atoms with van der Waals surface area (Å²) in [6.45, 7) is 2.04. The Labute approximate surface area is 107 Å². The predicted molar refractivity (Wildman–Crippen MR) is 73.8 cm³/mol. The second kappa shape index (κ2) is 9.05. The standard InChI is InChI=1S/C9H11NO2.B5/c1-2-7-3-5-8(6-4-7)9(11)10-12;1-4-5(2)3/h3-6,12H,2H2,1H3,(H,10,11);. The van der Waals surface area contributed by atoms with Gasteiger partial charge in [-0.15, -0.1) is 0 Å². The molecule has 3 nitrogen and oxygen atoms in total. The first kappa shape index (κ1) is 16.0. The first-order chi connectivity index (χ1) is 8.04. The largest absolute Gasteiger partial charge is 0.288 e. The topological polar surface area (TPSA) is 49.3 Å². The second-order valence-electron chi connectivity index (χ2n) is 3.26. The van der Waals surface area contributed by atoms with Gasteiger partial charge in [0.1, 0.15) is 0 Å². The van der Waals surface area contributed by atoms with Crippen LogP contribution in [0.15, 0.2) is 24.3 Å². The molecule has 1 amide bonds. The van der Waals surface area contributed by atoms with Gasteiger partial charge in [0.05, 0.1) is 0 Å². The fraction of sp³-hybridized carbons (Fsp3) is 0.222. The van der Waals surface area contributed by atoms with E-state index in [0.29, 0.717) is 5.56 Å². The van der Waals surface area contributed by atoms with Crippen LogP contribution in [0.2, 0.25) is 0 Å². The first-order valence-electron chi connectivity index (χ1n) is 5.14. The van der Waals surface area contributed by atoms with Crippen molar-refractivity contribution >= 4 is 42.6 Å². The molecule has 0 atom stereocenters. The molecule has 0 bridgehead atoms. The number of carbonyl (C=O) groups is 1. The summed E-state index contributed by atoms with van der Waals surface area (Å²) in [6.07, 6.45) is 0.482. The molecular weight excluding hydrogens is 208 g/mol. The van der Waals surface area contributed by atoms with Gasteiger partial charge in [-0.25, -0.2) is 5.48 Å². The van der Waals surface area contributed by atoms with E-state index < -0.39 is 12.3 Å². The molecule has 0 unspecified atom stereocenters. The quantitative estimate of drug-likeness (QED) is 0.408. The molecule has 0 aliphatic carbocycles. The number of hydrogen-bond acceptors (Lipinski definition) is 2. The van der Waals surface area contributed by atoms with E-state index in [1.165, 1.54) is 12.6 Å². The van der Waals surface area contributed by atoms with E-state index in [0.717, 1.165) is 6.42 Å². The molecular formula is C9H11B5NO2. The number of hydrogen-bond donors (Lipinski definition) is 2. The lowest BCUT2D eigenvalue weighted by molar-refractivity contribution is 0.0706. The van der Waals surface area contributed by atoms with Crippen molar-refractivity contribution in [3.8, 4) is 0 Å². The Hall–Kier alpha value is -1.03. The van der Waals surface area contributed by atoms with E-state index in [2.05, 4.69) is 0 Å². The average molecular weight is 219 g/mol. The van der Waals surface area contributed by atoms with Gasteiger partial charge in [0.25, 0.3) is 5.91 Å². The van der Waals surface area contributed by atoms with Crippen molar-refractivity contribution in [3.05, 3.63) is 35.4 Å². The van der Waals surface area contributed by atoms with Gasteiger partial charge in [-0.2, -0.15) is 0 Å². The summed E-state index contributed by atoms with van der Waals surface area (Å²) in [5.74, 6) is -0.474. The highest BCUT2D eigenvalue weighted by Gasteiger charge is 2.01. The first-order valence-corrected chi connectivity index (χ1v) is 5.14. The fourth-order valence-electron chi connectivity index (χ4n) is 0.956. The van der Waals surface area contributed by atoms with Crippen LogP contribution in [-0.4, -0.2) is 47.8 Å². The third-order valence-electron chi connectivity index (χ3n) is 1.95. The Bertz CT molecular complexity index is 331. The third-order valence-corrected chi connectivity index (χ3v) is 1.95. The Morgan fingerprint density at radius 2 is 1.88 bits per heavy atom. The summed E-state index contributed by atoms with van der Waals surface area (Å²) in [5, 5.41) is 8.32. The molecule has 0 aliphatic heterocycles. The van der Waals surface area contributed by atoms with Gasteiger partial charge in [0.15, 0.2) is 0 Å². The van der Waals surface area contributed by atoms with E-state index in [-0.39, 0.29) is 0 Å². The van der Waals surface area contributed by atoms with Gasteiger partial charge in [-0.3, -0.25) is 10.0 Å². The maximum absolute atomic E-state index is 10.9. The number of rotatable bonds is 3. The normalized spacial score (nSPS) is 8.59. The molecule has 1 aromatic rings. The minimum absolute atomic E-state index is 0.463. The number of carbonyl (C=O) groups excluding carboxylic acids is 1.